The maximum atomic E-state index is 12.8. The van der Waals surface area contributed by atoms with E-state index in [1.165, 1.54) is 30.0 Å². The lowest BCUT2D eigenvalue weighted by molar-refractivity contribution is -0.384. The van der Waals surface area contributed by atoms with E-state index in [1.54, 1.807) is 32.2 Å². The van der Waals surface area contributed by atoms with E-state index in [0.29, 0.717) is 28.6 Å². The van der Waals surface area contributed by atoms with Gasteiger partial charge in [-0.1, -0.05) is 5.21 Å². The van der Waals surface area contributed by atoms with Crippen LogP contribution >= 0.6 is 0 Å². The van der Waals surface area contributed by atoms with E-state index in [0.717, 1.165) is 10.9 Å². The van der Waals surface area contributed by atoms with Gasteiger partial charge >= 0.3 is 0 Å². The van der Waals surface area contributed by atoms with Crippen LogP contribution in [-0.2, 0) is 0 Å². The fourth-order valence-corrected chi connectivity index (χ4v) is 3.33. The van der Waals surface area contributed by atoms with Gasteiger partial charge < -0.3 is 9.47 Å². The minimum absolute atomic E-state index is 0.0358. The topological polar surface area (TPSA) is 122 Å². The number of hydrogen-bond acceptors (Lipinski definition) is 8. The molecule has 0 N–H and O–H groups in total. The summed E-state index contributed by atoms with van der Waals surface area (Å²) < 4.78 is 12.1. The number of carbonyl (C=O) groups excluding carboxylic acids is 1. The van der Waals surface area contributed by atoms with Crippen LogP contribution in [0.1, 0.15) is 21.7 Å². The van der Waals surface area contributed by atoms with Crippen LogP contribution in [-0.4, -0.2) is 44.9 Å². The first kappa shape index (κ1) is 21.6. The highest BCUT2D eigenvalue weighted by atomic mass is 16.6. The molecule has 0 amide bonds. The standard InChI is InChI=1S/C23H19N5O5/c1-14-22(25-26-27(14)17-5-7-18(8-6-17)28(30)31)21(29)11-4-15-12-16-13-19(32-2)9-10-20(16)24-23(15)33-3/h4-13H,1-3H3/b11-4+. The first-order valence-corrected chi connectivity index (χ1v) is 9.83. The van der Waals surface area contributed by atoms with Gasteiger partial charge in [0.15, 0.2) is 5.69 Å². The molecule has 2 aromatic heterocycles. The van der Waals surface area contributed by atoms with Crippen LogP contribution in [0.3, 0.4) is 0 Å². The van der Waals surface area contributed by atoms with Crippen LogP contribution < -0.4 is 9.47 Å². The number of allylic oxidation sites excluding steroid dienone is 1. The third-order valence-electron chi connectivity index (χ3n) is 5.06. The highest BCUT2D eigenvalue weighted by molar-refractivity contribution is 6.06. The van der Waals surface area contributed by atoms with Crippen molar-refractivity contribution in [2.24, 2.45) is 0 Å². The zero-order valence-electron chi connectivity index (χ0n) is 18.1. The molecule has 10 nitrogen and oxygen atoms in total. The molecule has 0 fully saturated rings. The van der Waals surface area contributed by atoms with Crippen LogP contribution in [0.5, 0.6) is 11.6 Å². The minimum Gasteiger partial charge on any atom is -0.497 e. The number of non-ortho nitro benzene ring substituents is 1. The van der Waals surface area contributed by atoms with Crippen molar-refractivity contribution in [2.45, 2.75) is 6.92 Å². The first-order chi connectivity index (χ1) is 15.9. The quantitative estimate of drug-likeness (QED) is 0.181. The molecule has 0 aliphatic rings. The van der Waals surface area contributed by atoms with E-state index in [-0.39, 0.29) is 17.2 Å². The number of ether oxygens (including phenoxy) is 2. The third kappa shape index (κ3) is 4.26. The monoisotopic (exact) mass is 445 g/mol. The number of nitrogens with zero attached hydrogens (tertiary/aromatic N) is 5. The molecular formula is C23H19N5O5. The minimum atomic E-state index is -0.482. The maximum Gasteiger partial charge on any atom is 0.269 e. The largest absolute Gasteiger partial charge is 0.497 e. The van der Waals surface area contributed by atoms with E-state index in [2.05, 4.69) is 15.3 Å². The second kappa shape index (κ2) is 8.87. The molecule has 2 heterocycles. The molecule has 0 saturated carbocycles. The van der Waals surface area contributed by atoms with Crippen LogP contribution in [0.2, 0.25) is 0 Å². The van der Waals surface area contributed by atoms with Crippen molar-refractivity contribution in [1.29, 1.82) is 0 Å². The predicted octanol–water partition coefficient (Wildman–Crippen LogP) is 3.95. The van der Waals surface area contributed by atoms with Crippen molar-refractivity contribution in [3.8, 4) is 17.3 Å². The Morgan fingerprint density at radius 2 is 1.85 bits per heavy atom. The summed E-state index contributed by atoms with van der Waals surface area (Å²) in [5.41, 5.74) is 2.55. The number of nitro groups is 1. The number of carbonyl (C=O) groups is 1. The molecule has 166 valence electrons. The molecule has 0 radical (unpaired) electrons. The molecule has 0 atom stereocenters. The Hall–Kier alpha value is -4.60. The molecule has 0 bridgehead atoms. The SMILES string of the molecule is COc1ccc2nc(OC)c(/C=C/C(=O)c3nnn(-c4ccc([N+](=O)[O-])cc4)c3C)cc2c1. The molecule has 4 aromatic rings. The van der Waals surface area contributed by atoms with Crippen molar-refractivity contribution < 1.29 is 19.2 Å². The number of fused-ring (bicyclic) bond motifs is 1. The first-order valence-electron chi connectivity index (χ1n) is 9.83. The van der Waals surface area contributed by atoms with Crippen molar-refractivity contribution in [3.05, 3.63) is 81.7 Å². The van der Waals surface area contributed by atoms with Crippen molar-refractivity contribution in [3.63, 3.8) is 0 Å². The van der Waals surface area contributed by atoms with Gasteiger partial charge in [0, 0.05) is 23.1 Å². The van der Waals surface area contributed by atoms with Gasteiger partial charge in [-0.05, 0) is 55.5 Å². The Balaban J connectivity index is 1.62. The Bertz CT molecular complexity index is 1390. The lowest BCUT2D eigenvalue weighted by atomic mass is 10.1. The average Bonchev–Trinajstić information content (AvgIpc) is 3.22. The van der Waals surface area contributed by atoms with Gasteiger partial charge in [-0.2, -0.15) is 0 Å². The Morgan fingerprint density at radius 1 is 1.09 bits per heavy atom. The molecule has 2 aromatic carbocycles. The second-order valence-electron chi connectivity index (χ2n) is 7.05. The Morgan fingerprint density at radius 3 is 2.52 bits per heavy atom. The second-order valence-corrected chi connectivity index (χ2v) is 7.05. The highest BCUT2D eigenvalue weighted by Crippen LogP contribution is 2.26. The predicted molar refractivity (Wildman–Crippen MR) is 121 cm³/mol. The number of rotatable bonds is 7. The Labute approximate surface area is 188 Å². The summed E-state index contributed by atoms with van der Waals surface area (Å²) in [6.07, 6.45) is 2.99. The number of hydrogen-bond donors (Lipinski definition) is 0. The molecular weight excluding hydrogens is 426 g/mol. The van der Waals surface area contributed by atoms with Crippen LogP contribution in [0, 0.1) is 17.0 Å². The zero-order valence-corrected chi connectivity index (χ0v) is 18.1. The van der Waals surface area contributed by atoms with Crippen LogP contribution in [0.25, 0.3) is 22.7 Å². The summed E-state index contributed by atoms with van der Waals surface area (Å²) in [4.78, 5) is 27.7. The van der Waals surface area contributed by atoms with Gasteiger partial charge in [0.25, 0.3) is 5.69 Å². The van der Waals surface area contributed by atoms with Gasteiger partial charge in [-0.3, -0.25) is 14.9 Å². The molecule has 0 aliphatic heterocycles. The molecule has 0 aliphatic carbocycles. The van der Waals surface area contributed by atoms with Crippen molar-refractivity contribution >= 4 is 28.4 Å². The van der Waals surface area contributed by atoms with E-state index in [4.69, 9.17) is 9.47 Å². The number of pyridine rings is 1. The summed E-state index contributed by atoms with van der Waals surface area (Å²) in [5, 5.41) is 19.7. The van der Waals surface area contributed by atoms with Crippen LogP contribution in [0.15, 0.2) is 54.6 Å². The normalized spacial score (nSPS) is 11.1. The maximum absolute atomic E-state index is 12.8. The molecule has 10 heteroatoms. The van der Waals surface area contributed by atoms with Crippen LogP contribution in [0.4, 0.5) is 5.69 Å². The fourth-order valence-electron chi connectivity index (χ4n) is 3.33. The molecule has 0 unspecified atom stereocenters. The smallest absolute Gasteiger partial charge is 0.269 e. The van der Waals surface area contributed by atoms with Crippen molar-refractivity contribution in [2.75, 3.05) is 14.2 Å². The fraction of sp³-hybridized carbons (Fsp3) is 0.130. The van der Waals surface area contributed by atoms with Gasteiger partial charge in [0.1, 0.15) is 5.75 Å². The van der Waals surface area contributed by atoms with Gasteiger partial charge in [-0.15, -0.1) is 5.10 Å². The van der Waals surface area contributed by atoms with Gasteiger partial charge in [-0.25, -0.2) is 9.67 Å². The molecule has 33 heavy (non-hydrogen) atoms. The van der Waals surface area contributed by atoms with Crippen molar-refractivity contribution in [1.82, 2.24) is 20.0 Å². The summed E-state index contributed by atoms with van der Waals surface area (Å²) in [5.74, 6) is 0.718. The zero-order chi connectivity index (χ0) is 23.5. The molecule has 0 saturated heterocycles. The molecule has 0 spiro atoms. The Kier molecular flexibility index (Phi) is 5.81. The number of benzene rings is 2. The van der Waals surface area contributed by atoms with Gasteiger partial charge in [0.05, 0.1) is 36.0 Å². The average molecular weight is 445 g/mol. The summed E-state index contributed by atoms with van der Waals surface area (Å²) >= 11 is 0. The summed E-state index contributed by atoms with van der Waals surface area (Å²) in [6.45, 7) is 1.70. The number of methoxy groups -OCH3 is 2. The number of aromatic nitrogens is 4. The molecule has 4 rings (SSSR count). The van der Waals surface area contributed by atoms with E-state index in [9.17, 15) is 14.9 Å². The summed E-state index contributed by atoms with van der Waals surface area (Å²) in [6, 6.07) is 13.2. The lowest BCUT2D eigenvalue weighted by Crippen LogP contribution is -2.02. The van der Waals surface area contributed by atoms with E-state index >= 15 is 0 Å². The number of nitro benzene ring substituents is 1. The number of ketones is 1. The third-order valence-corrected chi connectivity index (χ3v) is 5.06. The summed E-state index contributed by atoms with van der Waals surface area (Å²) in [7, 11) is 3.10. The van der Waals surface area contributed by atoms with E-state index < -0.39 is 4.92 Å². The van der Waals surface area contributed by atoms with E-state index in [1.807, 2.05) is 24.3 Å². The lowest BCUT2D eigenvalue weighted by Gasteiger charge is -2.07. The van der Waals surface area contributed by atoms with Gasteiger partial charge in [0.2, 0.25) is 11.7 Å². The highest BCUT2D eigenvalue weighted by Gasteiger charge is 2.16.